The summed E-state index contributed by atoms with van der Waals surface area (Å²) >= 11 is 0. The maximum Gasteiger partial charge on any atom is 0.231 e. The molecule has 0 aliphatic carbocycles. The van der Waals surface area contributed by atoms with Crippen molar-refractivity contribution in [1.82, 2.24) is 10.6 Å². The van der Waals surface area contributed by atoms with Crippen LogP contribution in [0.1, 0.15) is 25.0 Å². The number of nitrogens with zero attached hydrogens (tertiary/aromatic N) is 1. The highest BCUT2D eigenvalue weighted by atomic mass is 127. The zero-order valence-electron chi connectivity index (χ0n) is 16.7. The van der Waals surface area contributed by atoms with Gasteiger partial charge in [-0.05, 0) is 35.4 Å². The van der Waals surface area contributed by atoms with Crippen molar-refractivity contribution in [2.24, 2.45) is 4.99 Å². The highest BCUT2D eigenvalue weighted by Crippen LogP contribution is 2.36. The third kappa shape index (κ3) is 5.43. The smallest absolute Gasteiger partial charge is 0.231 e. The Morgan fingerprint density at radius 3 is 2.64 bits per heavy atom. The first-order chi connectivity index (χ1) is 13.0. The lowest BCUT2D eigenvalue weighted by Crippen LogP contribution is -2.43. The molecule has 6 nitrogen and oxygen atoms in total. The van der Waals surface area contributed by atoms with Crippen molar-refractivity contribution in [1.29, 1.82) is 0 Å². The van der Waals surface area contributed by atoms with Crippen LogP contribution in [-0.2, 0) is 12.0 Å². The fourth-order valence-corrected chi connectivity index (χ4v) is 2.91. The van der Waals surface area contributed by atoms with E-state index in [0.717, 1.165) is 35.3 Å². The lowest BCUT2D eigenvalue weighted by Gasteiger charge is -2.27. The molecule has 0 aromatic heterocycles. The molecule has 0 atom stereocenters. The fraction of sp³-hybridized carbons (Fsp3) is 0.381. The number of ether oxygens (including phenoxy) is 3. The van der Waals surface area contributed by atoms with Gasteiger partial charge in [-0.1, -0.05) is 32.0 Å². The molecule has 1 aliphatic heterocycles. The van der Waals surface area contributed by atoms with E-state index in [1.54, 1.807) is 14.2 Å². The standard InChI is InChI=1S/C21H27N3O3.HI/c1-21(2,16-8-9-18-19(11-16)27-14-26-18)13-24-20(22-3)23-12-15-6-5-7-17(10-15)25-4;/h5-11H,12-14H2,1-4H3,(H2,22,23,24);1H. The van der Waals surface area contributed by atoms with Gasteiger partial charge >= 0.3 is 0 Å². The number of benzene rings is 2. The predicted molar refractivity (Wildman–Crippen MR) is 122 cm³/mol. The fourth-order valence-electron chi connectivity index (χ4n) is 2.91. The van der Waals surface area contributed by atoms with E-state index >= 15 is 0 Å². The summed E-state index contributed by atoms with van der Waals surface area (Å²) in [7, 11) is 3.44. The molecule has 2 N–H and O–H groups in total. The van der Waals surface area contributed by atoms with Crippen molar-refractivity contribution >= 4 is 29.9 Å². The zero-order chi connectivity index (χ0) is 19.3. The van der Waals surface area contributed by atoms with Crippen molar-refractivity contribution in [2.45, 2.75) is 25.8 Å². The number of aliphatic imine (C=N–C) groups is 1. The van der Waals surface area contributed by atoms with E-state index in [2.05, 4.69) is 47.7 Å². The molecule has 3 rings (SSSR count). The molecule has 0 amide bonds. The highest BCUT2D eigenvalue weighted by Gasteiger charge is 2.24. The van der Waals surface area contributed by atoms with Crippen LogP contribution in [0, 0.1) is 0 Å². The molecule has 152 valence electrons. The minimum Gasteiger partial charge on any atom is -0.497 e. The number of halogens is 1. The van der Waals surface area contributed by atoms with Gasteiger partial charge in [0.1, 0.15) is 5.75 Å². The number of rotatable bonds is 6. The van der Waals surface area contributed by atoms with Crippen molar-refractivity contribution in [3.8, 4) is 17.2 Å². The lowest BCUT2D eigenvalue weighted by atomic mass is 9.84. The average molecular weight is 497 g/mol. The quantitative estimate of drug-likeness (QED) is 0.362. The van der Waals surface area contributed by atoms with Crippen LogP contribution in [0.5, 0.6) is 17.2 Å². The first kappa shape index (κ1) is 22.1. The maximum absolute atomic E-state index is 5.50. The average Bonchev–Trinajstić information content (AvgIpc) is 3.16. The van der Waals surface area contributed by atoms with Gasteiger partial charge in [-0.2, -0.15) is 0 Å². The molecule has 0 bridgehead atoms. The molecule has 0 unspecified atom stereocenters. The van der Waals surface area contributed by atoms with Crippen LogP contribution in [0.2, 0.25) is 0 Å². The molecule has 0 radical (unpaired) electrons. The predicted octanol–water partition coefficient (Wildman–Crippen LogP) is 3.68. The molecule has 28 heavy (non-hydrogen) atoms. The summed E-state index contributed by atoms with van der Waals surface area (Å²) in [5.41, 5.74) is 2.21. The van der Waals surface area contributed by atoms with Crippen LogP contribution in [0.15, 0.2) is 47.5 Å². The third-order valence-electron chi connectivity index (χ3n) is 4.67. The molecule has 0 saturated carbocycles. The van der Waals surface area contributed by atoms with Crippen LogP contribution in [0.3, 0.4) is 0 Å². The van der Waals surface area contributed by atoms with E-state index in [1.165, 1.54) is 5.56 Å². The van der Waals surface area contributed by atoms with E-state index in [4.69, 9.17) is 14.2 Å². The molecule has 0 saturated heterocycles. The van der Waals surface area contributed by atoms with Gasteiger partial charge in [0, 0.05) is 25.6 Å². The number of nitrogens with one attached hydrogen (secondary N) is 2. The summed E-state index contributed by atoms with van der Waals surface area (Å²) < 4.78 is 16.2. The Bertz CT molecular complexity index is 824. The number of fused-ring (bicyclic) bond motifs is 1. The molecule has 2 aromatic rings. The van der Waals surface area contributed by atoms with Crippen molar-refractivity contribution in [2.75, 3.05) is 27.5 Å². The summed E-state index contributed by atoms with van der Waals surface area (Å²) in [6.45, 7) is 6.06. The first-order valence-electron chi connectivity index (χ1n) is 8.99. The Morgan fingerprint density at radius 1 is 1.11 bits per heavy atom. The van der Waals surface area contributed by atoms with E-state index < -0.39 is 0 Å². The van der Waals surface area contributed by atoms with Crippen LogP contribution >= 0.6 is 24.0 Å². The Morgan fingerprint density at radius 2 is 1.89 bits per heavy atom. The van der Waals surface area contributed by atoms with Crippen LogP contribution in [0.4, 0.5) is 0 Å². The first-order valence-corrected chi connectivity index (χ1v) is 8.99. The summed E-state index contributed by atoms with van der Waals surface area (Å²) in [6, 6.07) is 14.1. The highest BCUT2D eigenvalue weighted by molar-refractivity contribution is 14.0. The van der Waals surface area contributed by atoms with Crippen LogP contribution in [0.25, 0.3) is 0 Å². The maximum atomic E-state index is 5.50. The molecule has 0 spiro atoms. The second-order valence-corrected chi connectivity index (χ2v) is 7.08. The van der Waals surface area contributed by atoms with E-state index in [1.807, 2.05) is 24.3 Å². The summed E-state index contributed by atoms with van der Waals surface area (Å²) in [5, 5.41) is 6.75. The largest absolute Gasteiger partial charge is 0.497 e. The molecular formula is C21H28IN3O3. The second kappa shape index (κ2) is 9.86. The van der Waals surface area contributed by atoms with E-state index in [-0.39, 0.29) is 36.2 Å². The Hall–Kier alpha value is -2.16. The van der Waals surface area contributed by atoms with Crippen molar-refractivity contribution in [3.05, 3.63) is 53.6 Å². The van der Waals surface area contributed by atoms with Gasteiger partial charge in [0.2, 0.25) is 6.79 Å². The lowest BCUT2D eigenvalue weighted by molar-refractivity contribution is 0.174. The van der Waals surface area contributed by atoms with Crippen LogP contribution < -0.4 is 24.8 Å². The van der Waals surface area contributed by atoms with Gasteiger partial charge in [0.15, 0.2) is 17.5 Å². The van der Waals surface area contributed by atoms with Gasteiger partial charge in [0.05, 0.1) is 7.11 Å². The van der Waals surface area contributed by atoms with E-state index in [0.29, 0.717) is 6.54 Å². The van der Waals surface area contributed by atoms with E-state index in [9.17, 15) is 0 Å². The molecule has 2 aromatic carbocycles. The molecule has 0 fully saturated rings. The Kier molecular flexibility index (Phi) is 7.79. The number of hydrogen-bond acceptors (Lipinski definition) is 4. The second-order valence-electron chi connectivity index (χ2n) is 7.08. The zero-order valence-corrected chi connectivity index (χ0v) is 19.1. The number of methoxy groups -OCH3 is 1. The topological polar surface area (TPSA) is 64.1 Å². The molecular weight excluding hydrogens is 469 g/mol. The van der Waals surface area contributed by atoms with Gasteiger partial charge in [-0.15, -0.1) is 24.0 Å². The van der Waals surface area contributed by atoms with Gasteiger partial charge in [-0.25, -0.2) is 0 Å². The summed E-state index contributed by atoms with van der Waals surface area (Å²) in [6.07, 6.45) is 0. The normalized spacial score (nSPS) is 12.9. The Labute approximate surface area is 183 Å². The SMILES string of the molecule is CN=C(NCc1cccc(OC)c1)NCC(C)(C)c1ccc2c(c1)OCO2.I. The summed E-state index contributed by atoms with van der Waals surface area (Å²) in [5.74, 6) is 3.22. The van der Waals surface area contributed by atoms with Crippen molar-refractivity contribution < 1.29 is 14.2 Å². The van der Waals surface area contributed by atoms with Gasteiger partial charge in [0.25, 0.3) is 0 Å². The summed E-state index contributed by atoms with van der Waals surface area (Å²) in [4.78, 5) is 4.32. The van der Waals surface area contributed by atoms with Crippen molar-refractivity contribution in [3.63, 3.8) is 0 Å². The number of hydrogen-bond donors (Lipinski definition) is 2. The third-order valence-corrected chi connectivity index (χ3v) is 4.67. The monoisotopic (exact) mass is 497 g/mol. The minimum absolute atomic E-state index is 0. The van der Waals surface area contributed by atoms with Crippen LogP contribution in [-0.4, -0.2) is 33.5 Å². The molecule has 1 aliphatic rings. The van der Waals surface area contributed by atoms with Gasteiger partial charge in [-0.3, -0.25) is 4.99 Å². The molecule has 7 heteroatoms. The number of guanidine groups is 1. The van der Waals surface area contributed by atoms with Gasteiger partial charge < -0.3 is 24.8 Å². The Balaban J connectivity index is 0.00000280. The minimum atomic E-state index is -0.103. The molecule has 1 heterocycles.